The molecular weight excluding hydrogens is 226 g/mol. The molecule has 4 N–H and O–H groups in total. The molecule has 0 saturated heterocycles. The molecule has 0 aromatic carbocycles. The molecule has 84 valence electrons. The molecule has 0 aliphatic carbocycles. The highest BCUT2D eigenvalue weighted by molar-refractivity contribution is 7.89. The Hall–Kier alpha value is -1.45. The maximum absolute atomic E-state index is 11.4. The Labute approximate surface area is 85.0 Å². The molecule has 0 aliphatic rings. The van der Waals surface area contributed by atoms with Crippen molar-refractivity contribution in [3.8, 4) is 0 Å². The third-order valence-corrected chi connectivity index (χ3v) is 2.94. The first-order valence-electron chi connectivity index (χ1n) is 3.82. The quantitative estimate of drug-likeness (QED) is 0.472. The number of hydrogen-bond acceptors (Lipinski definition) is 5. The van der Waals surface area contributed by atoms with Gasteiger partial charge >= 0.3 is 5.97 Å². The van der Waals surface area contributed by atoms with Crippen molar-refractivity contribution in [2.45, 2.75) is 11.1 Å². The average Bonchev–Trinajstić information content (AvgIpc) is 2.67. The minimum Gasteiger partial charge on any atom is -0.480 e. The number of H-pyrrole nitrogens is 1. The van der Waals surface area contributed by atoms with E-state index in [1.165, 1.54) is 12.3 Å². The number of rotatable bonds is 5. The minimum absolute atomic E-state index is 0.262. The fourth-order valence-electron chi connectivity index (χ4n) is 0.809. The number of carboxylic acid groups (broad SMARTS) is 1. The second-order valence-electron chi connectivity index (χ2n) is 2.62. The van der Waals surface area contributed by atoms with Crippen LogP contribution in [0.1, 0.15) is 0 Å². The summed E-state index contributed by atoms with van der Waals surface area (Å²) in [5.74, 6) is -1.46. The van der Waals surface area contributed by atoms with Crippen molar-refractivity contribution < 1.29 is 23.4 Å². The van der Waals surface area contributed by atoms with Gasteiger partial charge in [0.25, 0.3) is 10.0 Å². The van der Waals surface area contributed by atoms with E-state index < -0.39 is 28.6 Å². The van der Waals surface area contributed by atoms with Crippen LogP contribution in [0.3, 0.4) is 0 Å². The summed E-state index contributed by atoms with van der Waals surface area (Å²) in [6.45, 7) is -0.831. The lowest BCUT2D eigenvalue weighted by atomic mass is 10.3. The Morgan fingerprint density at radius 2 is 2.33 bits per heavy atom. The lowest BCUT2D eigenvalue weighted by Gasteiger charge is -2.10. The zero-order valence-electron chi connectivity index (χ0n) is 7.41. The van der Waals surface area contributed by atoms with Gasteiger partial charge in [-0.3, -0.25) is 9.89 Å². The number of hydrogen-bond donors (Lipinski definition) is 4. The maximum Gasteiger partial charge on any atom is 0.324 e. The van der Waals surface area contributed by atoms with Gasteiger partial charge in [0.05, 0.1) is 12.8 Å². The highest BCUT2D eigenvalue weighted by atomic mass is 32.2. The number of carbonyl (C=O) groups is 1. The average molecular weight is 235 g/mol. The standard InChI is InChI=1S/C6H9N3O5S/c10-3-4(6(11)12)9-15(13,14)5-1-2-7-8-5/h1-2,4,9-10H,3H2,(H,7,8)(H,11,12)/t4-/m1/s1. The second-order valence-corrected chi connectivity index (χ2v) is 4.30. The van der Waals surface area contributed by atoms with E-state index in [1.54, 1.807) is 4.72 Å². The molecule has 1 rings (SSSR count). The summed E-state index contributed by atoms with van der Waals surface area (Å²) >= 11 is 0. The normalized spacial score (nSPS) is 13.7. The van der Waals surface area contributed by atoms with Crippen LogP contribution in [0.15, 0.2) is 17.3 Å². The van der Waals surface area contributed by atoms with Crippen LogP contribution < -0.4 is 4.72 Å². The van der Waals surface area contributed by atoms with Gasteiger partial charge in [-0.05, 0) is 6.07 Å². The molecule has 0 bridgehead atoms. The van der Waals surface area contributed by atoms with Gasteiger partial charge in [-0.2, -0.15) is 9.82 Å². The monoisotopic (exact) mass is 235 g/mol. The summed E-state index contributed by atoms with van der Waals surface area (Å²) in [4.78, 5) is 10.5. The highest BCUT2D eigenvalue weighted by Gasteiger charge is 2.25. The van der Waals surface area contributed by atoms with Crippen LogP contribution in [-0.2, 0) is 14.8 Å². The molecule has 15 heavy (non-hydrogen) atoms. The molecule has 0 fully saturated rings. The highest BCUT2D eigenvalue weighted by Crippen LogP contribution is 2.03. The minimum atomic E-state index is -3.98. The van der Waals surface area contributed by atoms with E-state index in [0.717, 1.165) is 0 Å². The summed E-state index contributed by atoms with van der Waals surface area (Å²) in [6.07, 6.45) is 1.21. The largest absolute Gasteiger partial charge is 0.480 e. The van der Waals surface area contributed by atoms with Crippen LogP contribution in [0.4, 0.5) is 0 Å². The molecule has 1 aromatic rings. The Kier molecular flexibility index (Phi) is 3.39. The van der Waals surface area contributed by atoms with E-state index in [4.69, 9.17) is 10.2 Å². The molecule has 9 heteroatoms. The number of sulfonamides is 1. The summed E-state index contributed by atoms with van der Waals surface area (Å²) in [7, 11) is -3.98. The number of aromatic nitrogens is 2. The van der Waals surface area contributed by atoms with Crippen molar-refractivity contribution in [1.82, 2.24) is 14.9 Å². The van der Waals surface area contributed by atoms with Crippen molar-refractivity contribution >= 4 is 16.0 Å². The van der Waals surface area contributed by atoms with Crippen LogP contribution in [0, 0.1) is 0 Å². The Morgan fingerprint density at radius 3 is 2.73 bits per heavy atom. The van der Waals surface area contributed by atoms with Gasteiger partial charge < -0.3 is 10.2 Å². The zero-order valence-corrected chi connectivity index (χ0v) is 8.23. The van der Waals surface area contributed by atoms with Crippen LogP contribution in [0.25, 0.3) is 0 Å². The van der Waals surface area contributed by atoms with E-state index in [2.05, 4.69) is 10.2 Å². The zero-order chi connectivity index (χ0) is 11.5. The molecule has 0 radical (unpaired) electrons. The van der Waals surface area contributed by atoms with Gasteiger partial charge in [0.2, 0.25) is 0 Å². The topological polar surface area (TPSA) is 132 Å². The van der Waals surface area contributed by atoms with E-state index in [-0.39, 0.29) is 5.03 Å². The van der Waals surface area contributed by atoms with E-state index >= 15 is 0 Å². The number of aliphatic hydroxyl groups is 1. The van der Waals surface area contributed by atoms with Gasteiger partial charge in [-0.25, -0.2) is 8.42 Å². The molecular formula is C6H9N3O5S. The van der Waals surface area contributed by atoms with Gasteiger partial charge in [0.15, 0.2) is 5.03 Å². The molecule has 0 spiro atoms. The fraction of sp³-hybridized carbons (Fsp3) is 0.333. The van der Waals surface area contributed by atoms with Crippen LogP contribution in [0.5, 0.6) is 0 Å². The molecule has 1 atom stereocenters. The molecule has 1 heterocycles. The number of nitrogens with zero attached hydrogens (tertiary/aromatic N) is 1. The first-order chi connectivity index (χ1) is 6.97. The van der Waals surface area contributed by atoms with Gasteiger partial charge in [-0.15, -0.1) is 0 Å². The Balaban J connectivity index is 2.86. The van der Waals surface area contributed by atoms with Crippen molar-refractivity contribution in [2.24, 2.45) is 0 Å². The number of carboxylic acids is 1. The van der Waals surface area contributed by atoms with Gasteiger partial charge in [0, 0.05) is 0 Å². The number of aliphatic carboxylic acids is 1. The molecule has 0 saturated carbocycles. The smallest absolute Gasteiger partial charge is 0.324 e. The first kappa shape index (κ1) is 11.6. The lowest BCUT2D eigenvalue weighted by molar-refractivity contribution is -0.139. The molecule has 8 nitrogen and oxygen atoms in total. The fourth-order valence-corrected chi connectivity index (χ4v) is 1.90. The summed E-state index contributed by atoms with van der Waals surface area (Å²) in [5, 5.41) is 22.5. The van der Waals surface area contributed by atoms with Crippen molar-refractivity contribution in [3.05, 3.63) is 12.3 Å². The Bertz CT molecular complexity index is 426. The summed E-state index contributed by atoms with van der Waals surface area (Å²) < 4.78 is 24.6. The SMILES string of the molecule is O=C(O)[C@@H](CO)NS(=O)(=O)c1ccn[nH]1. The molecule has 0 aliphatic heterocycles. The molecule has 0 unspecified atom stereocenters. The van der Waals surface area contributed by atoms with Crippen molar-refractivity contribution in [1.29, 1.82) is 0 Å². The van der Waals surface area contributed by atoms with E-state index in [1.807, 2.05) is 0 Å². The first-order valence-corrected chi connectivity index (χ1v) is 5.31. The van der Waals surface area contributed by atoms with E-state index in [0.29, 0.717) is 0 Å². The summed E-state index contributed by atoms with van der Waals surface area (Å²) in [6, 6.07) is -0.406. The summed E-state index contributed by atoms with van der Waals surface area (Å²) in [5.41, 5.74) is 0. The molecule has 0 amide bonds. The predicted molar refractivity (Wildman–Crippen MR) is 47.4 cm³/mol. The van der Waals surface area contributed by atoms with Crippen molar-refractivity contribution in [2.75, 3.05) is 6.61 Å². The van der Waals surface area contributed by atoms with Crippen LogP contribution in [0.2, 0.25) is 0 Å². The second kappa shape index (κ2) is 4.38. The van der Waals surface area contributed by atoms with Gasteiger partial charge in [-0.1, -0.05) is 0 Å². The molecule has 1 aromatic heterocycles. The van der Waals surface area contributed by atoms with Crippen LogP contribution in [-0.4, -0.2) is 47.4 Å². The number of aromatic amines is 1. The van der Waals surface area contributed by atoms with E-state index in [9.17, 15) is 13.2 Å². The third kappa shape index (κ3) is 2.75. The number of aliphatic hydroxyl groups excluding tert-OH is 1. The maximum atomic E-state index is 11.4. The number of nitrogens with one attached hydrogen (secondary N) is 2. The Morgan fingerprint density at radius 1 is 1.67 bits per heavy atom. The van der Waals surface area contributed by atoms with Gasteiger partial charge in [0.1, 0.15) is 6.04 Å². The van der Waals surface area contributed by atoms with Crippen molar-refractivity contribution in [3.63, 3.8) is 0 Å². The predicted octanol–water partition coefficient (Wildman–Crippen LogP) is -1.87. The lowest BCUT2D eigenvalue weighted by Crippen LogP contribution is -2.43. The van der Waals surface area contributed by atoms with Crippen LogP contribution >= 0.6 is 0 Å². The third-order valence-electron chi connectivity index (χ3n) is 1.54.